The van der Waals surface area contributed by atoms with Gasteiger partial charge in [0.15, 0.2) is 0 Å². The summed E-state index contributed by atoms with van der Waals surface area (Å²) in [5, 5.41) is 2.85. The molecule has 3 rings (SSSR count). The average Bonchev–Trinajstić information content (AvgIpc) is 2.75. The van der Waals surface area contributed by atoms with Crippen molar-refractivity contribution in [2.24, 2.45) is 0 Å². The first-order chi connectivity index (χ1) is 14.7. The third kappa shape index (κ3) is 5.42. The molecule has 2 N–H and O–H groups in total. The van der Waals surface area contributed by atoms with E-state index < -0.39 is 21.9 Å². The number of nitrogens with one attached hydrogen (secondary N) is 2. The Hall–Kier alpha value is -3.36. The molecule has 0 radical (unpaired) electrons. The number of hydrogen-bond acceptors (Lipinski definition) is 5. The molecule has 3 aromatic rings. The minimum absolute atomic E-state index is 0.111. The van der Waals surface area contributed by atoms with Crippen LogP contribution in [-0.4, -0.2) is 27.4 Å². The molecule has 0 aliphatic rings. The van der Waals surface area contributed by atoms with Crippen LogP contribution in [0.3, 0.4) is 0 Å². The molecule has 0 unspecified atom stereocenters. The quantitative estimate of drug-likeness (QED) is 0.530. The molecule has 0 bridgehead atoms. The molecular weight excluding hydrogens is 440 g/mol. The summed E-state index contributed by atoms with van der Waals surface area (Å²) < 4.78 is 32.3. The summed E-state index contributed by atoms with van der Waals surface area (Å²) in [4.78, 5) is 24.5. The van der Waals surface area contributed by atoms with Crippen molar-refractivity contribution in [1.82, 2.24) is 0 Å². The standard InChI is InChI=1S/C22H19ClN2O5S/c1-14-6-9-18(10-7-14)31(28,29)25-17-5-3-4-15(12-17)21(26)24-20-13-16(22(27)30-2)8-11-19(20)23/h3-13,25H,1-2H3,(H,24,26). The molecule has 7 nitrogen and oxygen atoms in total. The Labute approximate surface area is 185 Å². The van der Waals surface area contributed by atoms with Gasteiger partial charge in [0, 0.05) is 11.3 Å². The van der Waals surface area contributed by atoms with Gasteiger partial charge in [0.05, 0.1) is 28.3 Å². The Morgan fingerprint density at radius 1 is 0.935 bits per heavy atom. The number of carbonyl (C=O) groups excluding carboxylic acids is 2. The van der Waals surface area contributed by atoms with Crippen LogP contribution in [-0.2, 0) is 14.8 Å². The lowest BCUT2D eigenvalue weighted by Gasteiger charge is -2.11. The van der Waals surface area contributed by atoms with Gasteiger partial charge in [-0.3, -0.25) is 9.52 Å². The maximum Gasteiger partial charge on any atom is 0.337 e. The van der Waals surface area contributed by atoms with E-state index >= 15 is 0 Å². The highest BCUT2D eigenvalue weighted by atomic mass is 35.5. The van der Waals surface area contributed by atoms with Crippen molar-refractivity contribution in [1.29, 1.82) is 0 Å². The molecule has 0 fully saturated rings. The van der Waals surface area contributed by atoms with Gasteiger partial charge in [0.25, 0.3) is 15.9 Å². The highest BCUT2D eigenvalue weighted by Gasteiger charge is 2.16. The summed E-state index contributed by atoms with van der Waals surface area (Å²) in [6, 6.07) is 16.8. The summed E-state index contributed by atoms with van der Waals surface area (Å²) in [5.74, 6) is -1.10. The number of anilines is 2. The Morgan fingerprint density at radius 3 is 2.32 bits per heavy atom. The summed E-state index contributed by atoms with van der Waals surface area (Å²) in [7, 11) is -2.56. The van der Waals surface area contributed by atoms with Gasteiger partial charge in [0.1, 0.15) is 0 Å². The van der Waals surface area contributed by atoms with Crippen LogP contribution >= 0.6 is 11.6 Å². The molecule has 0 heterocycles. The maximum atomic E-state index is 12.7. The number of halogens is 1. The number of aryl methyl sites for hydroxylation is 1. The summed E-state index contributed by atoms with van der Waals surface area (Å²) >= 11 is 6.11. The molecule has 31 heavy (non-hydrogen) atoms. The lowest BCUT2D eigenvalue weighted by molar-refractivity contribution is 0.0600. The SMILES string of the molecule is COC(=O)c1ccc(Cl)c(NC(=O)c2cccc(NS(=O)(=O)c3ccc(C)cc3)c2)c1. The van der Waals surface area contributed by atoms with E-state index in [1.165, 1.54) is 55.6 Å². The molecule has 0 aliphatic heterocycles. The number of amides is 1. The van der Waals surface area contributed by atoms with E-state index in [0.717, 1.165) is 5.56 Å². The number of methoxy groups -OCH3 is 1. The van der Waals surface area contributed by atoms with Crippen molar-refractivity contribution < 1.29 is 22.7 Å². The average molecular weight is 459 g/mol. The monoisotopic (exact) mass is 458 g/mol. The van der Waals surface area contributed by atoms with Crippen molar-refractivity contribution in [2.75, 3.05) is 17.1 Å². The molecule has 0 spiro atoms. The second kappa shape index (κ2) is 9.20. The van der Waals surface area contributed by atoms with E-state index in [9.17, 15) is 18.0 Å². The predicted molar refractivity (Wildman–Crippen MR) is 119 cm³/mol. The topological polar surface area (TPSA) is 102 Å². The number of benzene rings is 3. The number of esters is 1. The third-order valence-corrected chi connectivity index (χ3v) is 6.07. The number of carbonyl (C=O) groups is 2. The first kappa shape index (κ1) is 22.3. The van der Waals surface area contributed by atoms with Crippen molar-refractivity contribution in [3.05, 3.63) is 88.4 Å². The van der Waals surface area contributed by atoms with Gasteiger partial charge in [-0.25, -0.2) is 13.2 Å². The number of ether oxygens (including phenoxy) is 1. The van der Waals surface area contributed by atoms with Gasteiger partial charge >= 0.3 is 5.97 Å². The molecule has 0 atom stereocenters. The summed E-state index contributed by atoms with van der Waals surface area (Å²) in [6.45, 7) is 1.86. The van der Waals surface area contributed by atoms with Gasteiger partial charge in [0.2, 0.25) is 0 Å². The fourth-order valence-electron chi connectivity index (χ4n) is 2.72. The molecular formula is C22H19ClN2O5S. The Kier molecular flexibility index (Phi) is 6.62. The zero-order chi connectivity index (χ0) is 22.6. The summed E-state index contributed by atoms with van der Waals surface area (Å²) in [5.41, 5.74) is 1.81. The molecule has 1 amide bonds. The predicted octanol–water partition coefficient (Wildman–Crippen LogP) is 4.49. The van der Waals surface area contributed by atoms with E-state index in [2.05, 4.69) is 14.8 Å². The van der Waals surface area contributed by atoms with Crippen LogP contribution < -0.4 is 10.0 Å². The lowest BCUT2D eigenvalue weighted by atomic mass is 10.1. The molecule has 9 heteroatoms. The van der Waals surface area contributed by atoms with Gasteiger partial charge in [-0.15, -0.1) is 0 Å². The molecule has 3 aromatic carbocycles. The van der Waals surface area contributed by atoms with E-state index in [-0.39, 0.29) is 32.4 Å². The number of rotatable bonds is 6. The third-order valence-electron chi connectivity index (χ3n) is 4.34. The fourth-order valence-corrected chi connectivity index (χ4v) is 3.93. The van der Waals surface area contributed by atoms with Gasteiger partial charge < -0.3 is 10.1 Å². The van der Waals surface area contributed by atoms with Gasteiger partial charge in [-0.05, 0) is 55.5 Å². The minimum Gasteiger partial charge on any atom is -0.465 e. The lowest BCUT2D eigenvalue weighted by Crippen LogP contribution is -2.15. The van der Waals surface area contributed by atoms with E-state index in [4.69, 9.17) is 11.6 Å². The maximum absolute atomic E-state index is 12.7. The van der Waals surface area contributed by atoms with Gasteiger partial charge in [-0.2, -0.15) is 0 Å². The molecule has 0 aromatic heterocycles. The van der Waals surface area contributed by atoms with Crippen LogP contribution in [0.5, 0.6) is 0 Å². The highest BCUT2D eigenvalue weighted by Crippen LogP contribution is 2.25. The van der Waals surface area contributed by atoms with Crippen LogP contribution in [0.1, 0.15) is 26.3 Å². The first-order valence-electron chi connectivity index (χ1n) is 9.08. The van der Waals surface area contributed by atoms with Crippen LogP contribution in [0.2, 0.25) is 5.02 Å². The molecule has 0 aliphatic carbocycles. The Morgan fingerprint density at radius 2 is 1.65 bits per heavy atom. The molecule has 160 valence electrons. The zero-order valence-corrected chi connectivity index (χ0v) is 18.3. The van der Waals surface area contributed by atoms with Gasteiger partial charge in [-0.1, -0.05) is 35.4 Å². The molecule has 0 saturated heterocycles. The first-order valence-corrected chi connectivity index (χ1v) is 10.9. The van der Waals surface area contributed by atoms with Crippen LogP contribution in [0.25, 0.3) is 0 Å². The minimum atomic E-state index is -3.81. The zero-order valence-electron chi connectivity index (χ0n) is 16.7. The fraction of sp³-hybridized carbons (Fsp3) is 0.0909. The van der Waals surface area contributed by atoms with Crippen molar-refractivity contribution >= 4 is 44.9 Å². The number of sulfonamides is 1. The normalized spacial score (nSPS) is 10.9. The second-order valence-electron chi connectivity index (χ2n) is 6.64. The van der Waals surface area contributed by atoms with E-state index in [0.29, 0.717) is 0 Å². The smallest absolute Gasteiger partial charge is 0.337 e. The Bertz CT molecular complexity index is 1240. The van der Waals surface area contributed by atoms with Crippen LogP contribution in [0.15, 0.2) is 71.6 Å². The molecule has 0 saturated carbocycles. The van der Waals surface area contributed by atoms with Crippen molar-refractivity contribution in [2.45, 2.75) is 11.8 Å². The highest BCUT2D eigenvalue weighted by molar-refractivity contribution is 7.92. The largest absolute Gasteiger partial charge is 0.465 e. The van der Waals surface area contributed by atoms with Crippen LogP contribution in [0.4, 0.5) is 11.4 Å². The Balaban J connectivity index is 1.81. The van der Waals surface area contributed by atoms with Crippen molar-refractivity contribution in [3.63, 3.8) is 0 Å². The van der Waals surface area contributed by atoms with Crippen LogP contribution in [0, 0.1) is 6.92 Å². The number of hydrogen-bond donors (Lipinski definition) is 2. The second-order valence-corrected chi connectivity index (χ2v) is 8.73. The summed E-state index contributed by atoms with van der Waals surface area (Å²) in [6.07, 6.45) is 0. The van der Waals surface area contributed by atoms with E-state index in [1.54, 1.807) is 18.2 Å². The van der Waals surface area contributed by atoms with Crippen molar-refractivity contribution in [3.8, 4) is 0 Å². The van der Waals surface area contributed by atoms with E-state index in [1.807, 2.05) is 6.92 Å².